The Balaban J connectivity index is 0.000000188. The molecule has 10 rings (SSSR count). The first kappa shape index (κ1) is 55.4. The van der Waals surface area contributed by atoms with Crippen LogP contribution >= 0.6 is 45.9 Å². The lowest BCUT2D eigenvalue weighted by molar-refractivity contribution is 0.0943. The second-order valence-corrected chi connectivity index (χ2v) is 26.3. The molecule has 2 saturated heterocycles. The molecule has 0 atom stereocenters. The summed E-state index contributed by atoms with van der Waals surface area (Å²) in [6.07, 6.45) is 3.80. The summed E-state index contributed by atoms with van der Waals surface area (Å²) < 4.78 is 56.9. The van der Waals surface area contributed by atoms with Gasteiger partial charge in [0.25, 0.3) is 31.9 Å². The molecule has 398 valence electrons. The fourth-order valence-corrected chi connectivity index (χ4v) is 15.2. The second-order valence-electron chi connectivity index (χ2n) is 18.8. The highest BCUT2D eigenvalue weighted by Gasteiger charge is 2.32. The van der Waals surface area contributed by atoms with E-state index in [1.165, 1.54) is 33.8 Å². The zero-order valence-corrected chi connectivity index (χ0v) is 46.8. The standard InChI is InChI=1S/C30H30ClN3O3S2.C29H28ClN3O3S2/c31-25-11-9-24(10-12-25)30(35)32-21-28-13-14-29(38-28)39(36,37)34-17-15-26(16-18-34)33-27-8-4-7-23(20-27)19-22-5-2-1-3-6-22;30-24-11-9-22(10-12-24)29(34)31-20-27-13-14-28(37-27)38(35,36)33-17-15-25(16-18-33)32-26-8-4-7-23(19-26)21-5-2-1-3-6-21/h1-14,20,26,33H,15-19,21H2,(H,32,35);1-14,19,25,32H,15-18,20H2,(H,31,34). The molecular formula is C59H58Cl2N6O6S4. The van der Waals surface area contributed by atoms with E-state index in [1.54, 1.807) is 81.4 Å². The third kappa shape index (κ3) is 15.0. The van der Waals surface area contributed by atoms with Gasteiger partial charge in [0.15, 0.2) is 0 Å². The molecule has 2 aliphatic rings. The van der Waals surface area contributed by atoms with Crippen LogP contribution in [0, 0.1) is 0 Å². The highest BCUT2D eigenvalue weighted by atomic mass is 35.5. The van der Waals surface area contributed by atoms with E-state index in [2.05, 4.69) is 100 Å². The minimum absolute atomic E-state index is 0.203. The van der Waals surface area contributed by atoms with Crippen molar-refractivity contribution < 1.29 is 26.4 Å². The van der Waals surface area contributed by atoms with Crippen LogP contribution in [0.25, 0.3) is 11.1 Å². The molecule has 0 saturated carbocycles. The molecule has 18 heteroatoms. The van der Waals surface area contributed by atoms with E-state index in [0.717, 1.165) is 64.4 Å². The van der Waals surface area contributed by atoms with Gasteiger partial charge in [-0.05, 0) is 151 Å². The summed E-state index contributed by atoms with van der Waals surface area (Å²) in [6, 6.07) is 57.8. The van der Waals surface area contributed by atoms with Gasteiger partial charge in [0.05, 0.1) is 13.1 Å². The van der Waals surface area contributed by atoms with Crippen LogP contribution in [0.3, 0.4) is 0 Å². The summed E-state index contributed by atoms with van der Waals surface area (Å²) in [5.74, 6) is -0.465. The number of hydrogen-bond acceptors (Lipinski definition) is 10. The molecule has 0 unspecified atom stereocenters. The molecule has 77 heavy (non-hydrogen) atoms. The number of carbonyl (C=O) groups excluding carboxylic acids is 2. The maximum Gasteiger partial charge on any atom is 0.252 e. The normalized spacial score (nSPS) is 14.7. The Morgan fingerprint density at radius 2 is 0.883 bits per heavy atom. The van der Waals surface area contributed by atoms with E-state index in [9.17, 15) is 26.4 Å². The van der Waals surface area contributed by atoms with Crippen LogP contribution in [-0.2, 0) is 39.6 Å². The largest absolute Gasteiger partial charge is 0.382 e. The molecule has 4 N–H and O–H groups in total. The number of thiophene rings is 2. The van der Waals surface area contributed by atoms with Gasteiger partial charge in [0.2, 0.25) is 0 Å². The van der Waals surface area contributed by atoms with Crippen molar-refractivity contribution >= 4 is 89.1 Å². The Labute approximate surface area is 469 Å². The van der Waals surface area contributed by atoms with Gasteiger partial charge in [-0.15, -0.1) is 22.7 Å². The highest BCUT2D eigenvalue weighted by Crippen LogP contribution is 2.31. The molecule has 4 heterocycles. The summed E-state index contributed by atoms with van der Waals surface area (Å²) >= 11 is 14.1. The number of nitrogens with one attached hydrogen (secondary N) is 4. The maximum atomic E-state index is 13.3. The van der Waals surface area contributed by atoms with E-state index in [1.807, 2.05) is 30.3 Å². The van der Waals surface area contributed by atoms with Crippen molar-refractivity contribution in [3.05, 3.63) is 224 Å². The van der Waals surface area contributed by atoms with Gasteiger partial charge in [-0.3, -0.25) is 9.59 Å². The summed E-state index contributed by atoms with van der Waals surface area (Å²) in [4.78, 5) is 26.3. The zero-order chi connectivity index (χ0) is 53.8. The Morgan fingerprint density at radius 1 is 0.468 bits per heavy atom. The Bertz CT molecular complexity index is 3480. The van der Waals surface area contributed by atoms with Gasteiger partial charge >= 0.3 is 0 Å². The Morgan fingerprint density at radius 3 is 1.36 bits per heavy atom. The number of carbonyl (C=O) groups is 2. The molecule has 2 amide bonds. The van der Waals surface area contributed by atoms with Gasteiger partial charge in [-0.2, -0.15) is 8.61 Å². The topological polar surface area (TPSA) is 157 Å². The van der Waals surface area contributed by atoms with E-state index < -0.39 is 20.0 Å². The van der Waals surface area contributed by atoms with Gasteiger partial charge in [0.1, 0.15) is 8.42 Å². The summed E-state index contributed by atoms with van der Waals surface area (Å²) in [7, 11) is -7.16. The van der Waals surface area contributed by atoms with Gasteiger partial charge in [-0.25, -0.2) is 16.8 Å². The Hall–Kier alpha value is -6.34. The van der Waals surface area contributed by atoms with Crippen LogP contribution in [0.5, 0.6) is 0 Å². The molecule has 0 radical (unpaired) electrons. The Kier molecular flexibility index (Phi) is 18.6. The minimum Gasteiger partial charge on any atom is -0.382 e. The molecule has 6 aromatic carbocycles. The maximum absolute atomic E-state index is 13.3. The minimum atomic E-state index is -3.58. The van der Waals surface area contributed by atoms with E-state index in [0.29, 0.717) is 55.8 Å². The first-order valence-electron chi connectivity index (χ1n) is 25.3. The lowest BCUT2D eigenvalue weighted by atomic mass is 10.0. The summed E-state index contributed by atoms with van der Waals surface area (Å²) in [5, 5.41) is 14.0. The van der Waals surface area contributed by atoms with Crippen molar-refractivity contribution in [3.8, 4) is 11.1 Å². The van der Waals surface area contributed by atoms with Gasteiger partial charge in [-0.1, -0.05) is 108 Å². The third-order valence-corrected chi connectivity index (χ3v) is 20.7. The fraction of sp³-hybridized carbons (Fsp3) is 0.220. The zero-order valence-electron chi connectivity index (χ0n) is 42.0. The molecule has 12 nitrogen and oxygen atoms in total. The predicted molar refractivity (Wildman–Crippen MR) is 312 cm³/mol. The first-order chi connectivity index (χ1) is 37.2. The number of piperidine rings is 2. The number of sulfonamides is 2. The van der Waals surface area contributed by atoms with Crippen molar-refractivity contribution in [2.75, 3.05) is 36.8 Å². The number of halogens is 2. The number of amides is 2. The van der Waals surface area contributed by atoms with Crippen LogP contribution in [0.2, 0.25) is 10.0 Å². The van der Waals surface area contributed by atoms with E-state index in [4.69, 9.17) is 23.2 Å². The van der Waals surface area contributed by atoms with Crippen molar-refractivity contribution in [2.45, 2.75) is 65.7 Å². The van der Waals surface area contributed by atoms with Gasteiger partial charge < -0.3 is 21.3 Å². The smallest absolute Gasteiger partial charge is 0.252 e. The highest BCUT2D eigenvalue weighted by molar-refractivity contribution is 7.91. The third-order valence-electron chi connectivity index (χ3n) is 13.3. The van der Waals surface area contributed by atoms with Crippen LogP contribution in [0.15, 0.2) is 190 Å². The van der Waals surface area contributed by atoms with Crippen molar-refractivity contribution in [2.24, 2.45) is 0 Å². The fourth-order valence-electron chi connectivity index (χ4n) is 9.15. The molecule has 0 spiro atoms. The molecule has 2 aliphatic heterocycles. The van der Waals surface area contributed by atoms with Crippen LogP contribution < -0.4 is 21.3 Å². The molecule has 2 aromatic heterocycles. The lowest BCUT2D eigenvalue weighted by Gasteiger charge is -2.31. The number of rotatable bonds is 17. The van der Waals surface area contributed by atoms with Crippen LogP contribution in [0.1, 0.15) is 67.3 Å². The number of hydrogen-bond donors (Lipinski definition) is 4. The lowest BCUT2D eigenvalue weighted by Crippen LogP contribution is -2.42. The first-order valence-corrected chi connectivity index (χ1v) is 30.6. The SMILES string of the molecule is O=C(NCc1ccc(S(=O)(=O)N2CCC(Nc3cccc(-c4ccccc4)c3)CC2)s1)c1ccc(Cl)cc1.O=C(NCc1ccc(S(=O)(=O)N2CCC(Nc3cccc(Cc4ccccc4)c3)CC2)s1)c1ccc(Cl)cc1. The average Bonchev–Trinajstić information content (AvgIpc) is 4.16. The monoisotopic (exact) mass is 1140 g/mol. The summed E-state index contributed by atoms with van der Waals surface area (Å²) in [5.41, 5.74) is 7.93. The van der Waals surface area contributed by atoms with E-state index in [-0.39, 0.29) is 37.0 Å². The quantitative estimate of drug-likeness (QED) is 0.0702. The number of nitrogens with zero attached hydrogens (tertiary/aromatic N) is 2. The molecule has 2 fully saturated rings. The predicted octanol–water partition coefficient (Wildman–Crippen LogP) is 12.5. The van der Waals surface area contributed by atoms with E-state index >= 15 is 0 Å². The van der Waals surface area contributed by atoms with Crippen molar-refractivity contribution in [1.29, 1.82) is 0 Å². The molecule has 0 aliphatic carbocycles. The number of anilines is 2. The molecular weight excluding hydrogens is 1090 g/mol. The molecule has 0 bridgehead atoms. The van der Waals surface area contributed by atoms with Crippen LogP contribution in [0.4, 0.5) is 11.4 Å². The number of benzene rings is 6. The van der Waals surface area contributed by atoms with Crippen LogP contribution in [-0.4, -0.2) is 75.5 Å². The van der Waals surface area contributed by atoms with Crippen molar-refractivity contribution in [3.63, 3.8) is 0 Å². The second kappa shape index (κ2) is 25.9. The van der Waals surface area contributed by atoms with Crippen molar-refractivity contribution in [1.82, 2.24) is 19.2 Å². The average molecular weight is 1150 g/mol. The van der Waals surface area contributed by atoms with Gasteiger partial charge in [0, 0.05) is 80.6 Å². The molecule has 8 aromatic rings. The summed E-state index contributed by atoms with van der Waals surface area (Å²) in [6.45, 7) is 2.36.